The van der Waals surface area contributed by atoms with Crippen molar-refractivity contribution in [2.75, 3.05) is 0 Å². The summed E-state index contributed by atoms with van der Waals surface area (Å²) in [6.45, 7) is 6.19. The highest BCUT2D eigenvalue weighted by Gasteiger charge is 2.40. The summed E-state index contributed by atoms with van der Waals surface area (Å²) < 4.78 is 0. The number of nitrogens with zero attached hydrogens (tertiary/aromatic N) is 1. The van der Waals surface area contributed by atoms with Gasteiger partial charge in [0, 0.05) is 11.6 Å². The van der Waals surface area contributed by atoms with E-state index in [1.54, 1.807) is 24.0 Å². The topological polar surface area (TPSA) is 49.4 Å². The Bertz CT molecular complexity index is 530. The van der Waals surface area contributed by atoms with Gasteiger partial charge in [-0.15, -0.1) is 0 Å². The standard InChI is InChI=1S/C16H21ClN2O2/c1-4-10(2)14-15(20)18-11(3)16(21)19(14)9-12-5-7-13(17)8-6-12/h5-8,10-11,14H,4,9H2,1-3H3,(H,18,20). The monoisotopic (exact) mass is 308 g/mol. The molecule has 3 atom stereocenters. The Morgan fingerprint density at radius 1 is 1.29 bits per heavy atom. The van der Waals surface area contributed by atoms with Crippen molar-refractivity contribution in [3.05, 3.63) is 34.9 Å². The van der Waals surface area contributed by atoms with Gasteiger partial charge in [0.1, 0.15) is 12.1 Å². The highest BCUT2D eigenvalue weighted by atomic mass is 35.5. The summed E-state index contributed by atoms with van der Waals surface area (Å²) in [5, 5.41) is 3.43. The predicted molar refractivity (Wildman–Crippen MR) is 82.8 cm³/mol. The van der Waals surface area contributed by atoms with Crippen molar-refractivity contribution < 1.29 is 9.59 Å². The summed E-state index contributed by atoms with van der Waals surface area (Å²) in [5.74, 6) is 0.0222. The van der Waals surface area contributed by atoms with Gasteiger partial charge in [-0.2, -0.15) is 0 Å². The van der Waals surface area contributed by atoms with E-state index in [1.165, 1.54) is 0 Å². The second-order valence-electron chi connectivity index (χ2n) is 5.65. The molecule has 1 aliphatic heterocycles. The second-order valence-corrected chi connectivity index (χ2v) is 6.09. The molecule has 1 fully saturated rings. The van der Waals surface area contributed by atoms with Crippen LogP contribution < -0.4 is 5.32 Å². The van der Waals surface area contributed by atoms with E-state index in [9.17, 15) is 9.59 Å². The van der Waals surface area contributed by atoms with Crippen LogP contribution in [0.5, 0.6) is 0 Å². The Morgan fingerprint density at radius 3 is 2.48 bits per heavy atom. The first-order valence-corrected chi connectivity index (χ1v) is 7.67. The molecule has 1 heterocycles. The average Bonchev–Trinajstić information content (AvgIpc) is 2.46. The highest BCUT2D eigenvalue weighted by molar-refractivity contribution is 6.30. The summed E-state index contributed by atoms with van der Waals surface area (Å²) in [7, 11) is 0. The fraction of sp³-hybridized carbons (Fsp3) is 0.500. The average molecular weight is 309 g/mol. The summed E-state index contributed by atoms with van der Waals surface area (Å²) in [5.41, 5.74) is 0.975. The molecule has 1 N–H and O–H groups in total. The molecule has 2 rings (SSSR count). The number of rotatable bonds is 4. The number of nitrogens with one attached hydrogen (secondary N) is 1. The van der Waals surface area contributed by atoms with E-state index in [4.69, 9.17) is 11.6 Å². The fourth-order valence-corrected chi connectivity index (χ4v) is 2.77. The molecule has 0 radical (unpaired) electrons. The van der Waals surface area contributed by atoms with Crippen LogP contribution in [0.1, 0.15) is 32.8 Å². The zero-order chi connectivity index (χ0) is 15.6. The minimum atomic E-state index is -0.467. The van der Waals surface area contributed by atoms with Crippen molar-refractivity contribution in [3.63, 3.8) is 0 Å². The van der Waals surface area contributed by atoms with Gasteiger partial charge in [0.25, 0.3) is 0 Å². The van der Waals surface area contributed by atoms with Gasteiger partial charge in [-0.25, -0.2) is 0 Å². The van der Waals surface area contributed by atoms with Crippen LogP contribution in [0.3, 0.4) is 0 Å². The maximum absolute atomic E-state index is 12.5. The van der Waals surface area contributed by atoms with Crippen LogP contribution in [0, 0.1) is 5.92 Å². The first-order valence-electron chi connectivity index (χ1n) is 7.29. The Morgan fingerprint density at radius 2 is 1.90 bits per heavy atom. The molecule has 0 saturated carbocycles. The Kier molecular flexibility index (Phi) is 4.88. The van der Waals surface area contributed by atoms with Gasteiger partial charge >= 0.3 is 0 Å². The highest BCUT2D eigenvalue weighted by Crippen LogP contribution is 2.23. The molecule has 1 aliphatic rings. The van der Waals surface area contributed by atoms with Gasteiger partial charge in [-0.05, 0) is 30.5 Å². The normalized spacial score (nSPS) is 23.9. The quantitative estimate of drug-likeness (QED) is 0.929. The molecule has 0 aliphatic carbocycles. The predicted octanol–water partition coefficient (Wildman–Crippen LogP) is 2.60. The number of amides is 2. The van der Waals surface area contributed by atoms with Crippen molar-refractivity contribution in [2.45, 2.75) is 45.8 Å². The summed E-state index contributed by atoms with van der Waals surface area (Å²) in [4.78, 5) is 26.4. The lowest BCUT2D eigenvalue weighted by molar-refractivity contribution is -0.151. The number of halogens is 1. The van der Waals surface area contributed by atoms with E-state index in [-0.39, 0.29) is 17.7 Å². The van der Waals surface area contributed by atoms with Crippen LogP contribution in [-0.2, 0) is 16.1 Å². The molecule has 2 amide bonds. The van der Waals surface area contributed by atoms with Crippen LogP contribution in [0.4, 0.5) is 0 Å². The molecule has 1 saturated heterocycles. The largest absolute Gasteiger partial charge is 0.343 e. The number of hydrogen-bond donors (Lipinski definition) is 1. The van der Waals surface area contributed by atoms with Crippen LogP contribution in [0.2, 0.25) is 5.02 Å². The van der Waals surface area contributed by atoms with Gasteiger partial charge in [-0.1, -0.05) is 44.0 Å². The molecular weight excluding hydrogens is 288 g/mol. The van der Waals surface area contributed by atoms with Crippen molar-refractivity contribution in [1.82, 2.24) is 10.2 Å². The second kappa shape index (κ2) is 6.48. The van der Waals surface area contributed by atoms with Crippen molar-refractivity contribution in [3.8, 4) is 0 Å². The van der Waals surface area contributed by atoms with E-state index in [0.29, 0.717) is 11.6 Å². The lowest BCUT2D eigenvalue weighted by Gasteiger charge is -2.40. The number of benzene rings is 1. The first-order chi connectivity index (χ1) is 9.93. The minimum absolute atomic E-state index is 0.0325. The summed E-state index contributed by atoms with van der Waals surface area (Å²) >= 11 is 5.89. The number of carbonyl (C=O) groups is 2. The van der Waals surface area contributed by atoms with E-state index in [1.807, 2.05) is 26.0 Å². The van der Waals surface area contributed by atoms with Gasteiger partial charge in [-0.3, -0.25) is 9.59 Å². The van der Waals surface area contributed by atoms with E-state index >= 15 is 0 Å². The molecule has 3 unspecified atom stereocenters. The van der Waals surface area contributed by atoms with Gasteiger partial charge < -0.3 is 10.2 Å². The lowest BCUT2D eigenvalue weighted by atomic mass is 9.93. The van der Waals surface area contributed by atoms with Crippen LogP contribution in [-0.4, -0.2) is 28.8 Å². The Hall–Kier alpha value is -1.55. The maximum atomic E-state index is 12.5. The van der Waals surface area contributed by atoms with Crippen molar-refractivity contribution in [1.29, 1.82) is 0 Å². The fourth-order valence-electron chi connectivity index (χ4n) is 2.64. The zero-order valence-corrected chi connectivity index (χ0v) is 13.4. The number of carbonyl (C=O) groups excluding carboxylic acids is 2. The van der Waals surface area contributed by atoms with Crippen LogP contribution >= 0.6 is 11.6 Å². The van der Waals surface area contributed by atoms with Gasteiger partial charge in [0.15, 0.2) is 0 Å². The maximum Gasteiger partial charge on any atom is 0.245 e. The Balaban J connectivity index is 2.27. The zero-order valence-electron chi connectivity index (χ0n) is 12.6. The number of piperazine rings is 1. The molecule has 21 heavy (non-hydrogen) atoms. The molecule has 4 nitrogen and oxygen atoms in total. The van der Waals surface area contributed by atoms with E-state index < -0.39 is 12.1 Å². The SMILES string of the molecule is CCC(C)C1C(=O)NC(C)C(=O)N1Cc1ccc(Cl)cc1. The molecule has 114 valence electrons. The van der Waals surface area contributed by atoms with E-state index in [0.717, 1.165) is 12.0 Å². The van der Waals surface area contributed by atoms with Crippen LogP contribution in [0.25, 0.3) is 0 Å². The number of hydrogen-bond acceptors (Lipinski definition) is 2. The summed E-state index contributed by atoms with van der Waals surface area (Å²) in [6, 6.07) is 6.50. The molecule has 0 spiro atoms. The van der Waals surface area contributed by atoms with Gasteiger partial charge in [0.05, 0.1) is 0 Å². The van der Waals surface area contributed by atoms with Crippen LogP contribution in [0.15, 0.2) is 24.3 Å². The third kappa shape index (κ3) is 3.38. The minimum Gasteiger partial charge on any atom is -0.343 e. The van der Waals surface area contributed by atoms with Crippen molar-refractivity contribution in [2.24, 2.45) is 5.92 Å². The smallest absolute Gasteiger partial charge is 0.245 e. The molecule has 1 aromatic carbocycles. The molecular formula is C16H21ClN2O2. The molecule has 0 aromatic heterocycles. The summed E-state index contributed by atoms with van der Waals surface area (Å²) in [6.07, 6.45) is 0.844. The lowest BCUT2D eigenvalue weighted by Crippen LogP contribution is -2.63. The third-order valence-corrected chi connectivity index (χ3v) is 4.32. The third-order valence-electron chi connectivity index (χ3n) is 4.07. The molecule has 0 bridgehead atoms. The van der Waals surface area contributed by atoms with Gasteiger partial charge in [0.2, 0.25) is 11.8 Å². The van der Waals surface area contributed by atoms with E-state index in [2.05, 4.69) is 5.32 Å². The first kappa shape index (κ1) is 15.8. The molecule has 5 heteroatoms. The molecule has 1 aromatic rings. The van der Waals surface area contributed by atoms with Crippen molar-refractivity contribution >= 4 is 23.4 Å². The Labute approximate surface area is 130 Å².